The fourth-order valence-corrected chi connectivity index (χ4v) is 9.18. The van der Waals surface area contributed by atoms with E-state index in [1.165, 1.54) is 25.7 Å². The van der Waals surface area contributed by atoms with E-state index in [4.69, 9.17) is 22.3 Å². The summed E-state index contributed by atoms with van der Waals surface area (Å²) in [5, 5.41) is 22.4. The molecular formula is C40H54N12O3S2. The first-order valence-electron chi connectivity index (χ1n) is 19.5. The number of carbonyl (C=O) groups excluding carboxylic acids is 1. The molecule has 0 aromatic carbocycles. The van der Waals surface area contributed by atoms with Crippen molar-refractivity contribution in [2.45, 2.75) is 64.7 Å². The molecule has 2 aliphatic rings. The van der Waals surface area contributed by atoms with Crippen LogP contribution in [0.3, 0.4) is 0 Å². The normalized spacial score (nSPS) is 15.6. The lowest BCUT2D eigenvalue weighted by Crippen LogP contribution is -2.31. The number of hydrogen-bond donors (Lipinski definition) is 5. The zero-order valence-corrected chi connectivity index (χ0v) is 34.4. The lowest BCUT2D eigenvalue weighted by atomic mass is 9.94. The van der Waals surface area contributed by atoms with Crippen molar-refractivity contribution in [3.05, 3.63) is 82.3 Å². The summed E-state index contributed by atoms with van der Waals surface area (Å²) in [6, 6.07) is 11.2. The molecule has 57 heavy (non-hydrogen) atoms. The van der Waals surface area contributed by atoms with Gasteiger partial charge in [-0.1, -0.05) is 0 Å². The first-order valence-corrected chi connectivity index (χ1v) is 21.1. The van der Waals surface area contributed by atoms with Crippen molar-refractivity contribution in [3.8, 4) is 0 Å². The second-order valence-electron chi connectivity index (χ2n) is 14.8. The summed E-state index contributed by atoms with van der Waals surface area (Å²) >= 11 is 3.29. The van der Waals surface area contributed by atoms with Crippen LogP contribution in [0.1, 0.15) is 69.3 Å². The number of pyridine rings is 2. The molecule has 6 aromatic heterocycles. The topological polar surface area (TPSA) is 212 Å². The van der Waals surface area contributed by atoms with Gasteiger partial charge in [0.25, 0.3) is 5.91 Å². The third-order valence-electron chi connectivity index (χ3n) is 10.7. The van der Waals surface area contributed by atoms with Crippen LogP contribution in [0.2, 0.25) is 0 Å². The van der Waals surface area contributed by atoms with Crippen LogP contribution < -0.4 is 22.5 Å². The Morgan fingerprint density at radius 1 is 0.737 bits per heavy atom. The third-order valence-corrected chi connectivity index (χ3v) is 13.0. The fourth-order valence-electron chi connectivity index (χ4n) is 7.23. The molecule has 0 radical (unpaired) electrons. The van der Waals surface area contributed by atoms with Crippen molar-refractivity contribution >= 4 is 66.4 Å². The highest BCUT2D eigenvalue weighted by atomic mass is 32.1. The number of likely N-dealkylation sites (tertiary alicyclic amines) is 2. The standard InChI is InChI=1S/C20H26N6OS.C12H19N3O2.C8H9N3S/c1-25-9-4-14(5-10-25)6-11-26-17(2-8-24-26)20(27)23-13-15-12-16-18(28-15)3-7-22-19(16)21;1-14-7-3-10(4-8-14)5-9-15-11(12(16)17)2-6-13-15;9-4-5-3-6-7(12-5)1-2-11-8(6)10/h2-3,7-8,12,14H,4-6,9-11,13H2,1H3,(H2,21,22)(H,23,27);2,6,10H,3-5,7-9H2,1H3,(H,16,17);1-3H,4,9H2,(H2,10,11). The average molecular weight is 815 g/mol. The Labute approximate surface area is 340 Å². The smallest absolute Gasteiger partial charge is 0.354 e. The van der Waals surface area contributed by atoms with E-state index in [2.05, 4.69) is 49.4 Å². The van der Waals surface area contributed by atoms with Gasteiger partial charge in [-0.15, -0.1) is 22.7 Å². The number of nitrogens with one attached hydrogen (secondary N) is 1. The summed E-state index contributed by atoms with van der Waals surface area (Å²) in [6.07, 6.45) is 13.6. The number of aromatic nitrogens is 6. The highest BCUT2D eigenvalue weighted by Gasteiger charge is 2.20. The van der Waals surface area contributed by atoms with Crippen molar-refractivity contribution in [2.75, 3.05) is 51.7 Å². The van der Waals surface area contributed by atoms with Gasteiger partial charge in [0.2, 0.25) is 0 Å². The highest BCUT2D eigenvalue weighted by Crippen LogP contribution is 2.29. The van der Waals surface area contributed by atoms with Gasteiger partial charge in [-0.05, 0) is 127 Å². The molecule has 8 N–H and O–H groups in total. The van der Waals surface area contributed by atoms with Gasteiger partial charge in [-0.2, -0.15) is 10.2 Å². The van der Waals surface area contributed by atoms with Gasteiger partial charge >= 0.3 is 5.97 Å². The highest BCUT2D eigenvalue weighted by molar-refractivity contribution is 7.19. The van der Waals surface area contributed by atoms with Gasteiger partial charge in [0.15, 0.2) is 0 Å². The molecular weight excluding hydrogens is 761 g/mol. The molecule has 1 amide bonds. The molecule has 6 aromatic rings. The number of carboxylic acid groups (broad SMARTS) is 1. The minimum Gasteiger partial charge on any atom is -0.477 e. The summed E-state index contributed by atoms with van der Waals surface area (Å²) in [5.74, 6) is 1.54. The molecule has 304 valence electrons. The van der Waals surface area contributed by atoms with Gasteiger partial charge < -0.3 is 37.4 Å². The molecule has 0 atom stereocenters. The van der Waals surface area contributed by atoms with E-state index in [1.54, 1.807) is 64.3 Å². The maximum atomic E-state index is 12.7. The number of aromatic carboxylic acids is 1. The largest absolute Gasteiger partial charge is 0.477 e. The van der Waals surface area contributed by atoms with Crippen LogP contribution in [0.15, 0.2) is 61.2 Å². The zero-order chi connectivity index (χ0) is 40.3. The Hall–Kier alpha value is -4.94. The monoisotopic (exact) mass is 814 g/mol. The number of nitrogens with zero attached hydrogens (tertiary/aromatic N) is 8. The molecule has 2 saturated heterocycles. The minimum absolute atomic E-state index is 0.0931. The molecule has 17 heteroatoms. The van der Waals surface area contributed by atoms with Gasteiger partial charge in [0.05, 0.1) is 6.54 Å². The van der Waals surface area contributed by atoms with Crippen LogP contribution in [0, 0.1) is 11.8 Å². The molecule has 0 saturated carbocycles. The van der Waals surface area contributed by atoms with E-state index in [1.807, 2.05) is 28.9 Å². The number of rotatable bonds is 11. The quantitative estimate of drug-likeness (QED) is 0.112. The third kappa shape index (κ3) is 11.3. The number of fused-ring (bicyclic) bond motifs is 2. The van der Waals surface area contributed by atoms with Gasteiger partial charge in [0.1, 0.15) is 23.0 Å². The predicted molar refractivity (Wildman–Crippen MR) is 228 cm³/mol. The van der Waals surface area contributed by atoms with Crippen molar-refractivity contribution in [3.63, 3.8) is 0 Å². The lowest BCUT2D eigenvalue weighted by Gasteiger charge is -2.28. The molecule has 0 unspecified atom stereocenters. The Morgan fingerprint density at radius 3 is 1.70 bits per heavy atom. The molecule has 2 fully saturated rings. The van der Waals surface area contributed by atoms with E-state index in [9.17, 15) is 9.59 Å². The van der Waals surface area contributed by atoms with Crippen LogP contribution in [-0.4, -0.2) is 96.6 Å². The average Bonchev–Trinajstić information content (AvgIpc) is 4.04. The van der Waals surface area contributed by atoms with Crippen LogP contribution >= 0.6 is 22.7 Å². The maximum Gasteiger partial charge on any atom is 0.354 e. The zero-order valence-electron chi connectivity index (χ0n) is 32.7. The lowest BCUT2D eigenvalue weighted by molar-refractivity contribution is 0.0681. The second-order valence-corrected chi connectivity index (χ2v) is 17.1. The first-order chi connectivity index (χ1) is 27.6. The number of carboxylic acids is 1. The van der Waals surface area contributed by atoms with Crippen LogP contribution in [0.5, 0.6) is 0 Å². The Morgan fingerprint density at radius 2 is 1.21 bits per heavy atom. The summed E-state index contributed by atoms with van der Waals surface area (Å²) in [6.45, 7) is 7.15. The SMILES string of the molecule is CN1CCC(CCn2nccc2C(=O)NCc2cc3c(N)nccc3s2)CC1.CN1CCC(CCn2nccc2C(=O)O)CC1.NCc1cc2c(N)nccc2s1. The van der Waals surface area contributed by atoms with E-state index in [0.717, 1.165) is 75.5 Å². The van der Waals surface area contributed by atoms with E-state index in [-0.39, 0.29) is 11.6 Å². The van der Waals surface area contributed by atoms with Gasteiger partial charge in [0, 0.05) is 74.3 Å². The number of piperidine rings is 2. The Balaban J connectivity index is 0.000000160. The molecule has 0 spiro atoms. The van der Waals surface area contributed by atoms with Crippen molar-refractivity contribution in [2.24, 2.45) is 17.6 Å². The van der Waals surface area contributed by atoms with E-state index < -0.39 is 5.97 Å². The number of aryl methyl sites for hydroxylation is 2. The van der Waals surface area contributed by atoms with Crippen LogP contribution in [0.4, 0.5) is 11.6 Å². The molecule has 8 heterocycles. The maximum absolute atomic E-state index is 12.7. The van der Waals surface area contributed by atoms with Crippen molar-refractivity contribution in [1.29, 1.82) is 0 Å². The van der Waals surface area contributed by atoms with Crippen LogP contribution in [0.25, 0.3) is 20.2 Å². The molecule has 0 aliphatic carbocycles. The second kappa shape index (κ2) is 20.0. The summed E-state index contributed by atoms with van der Waals surface area (Å²) < 4.78 is 5.67. The summed E-state index contributed by atoms with van der Waals surface area (Å²) in [4.78, 5) is 38.6. The minimum atomic E-state index is -0.897. The predicted octanol–water partition coefficient (Wildman–Crippen LogP) is 5.39. The molecule has 2 aliphatic heterocycles. The van der Waals surface area contributed by atoms with Gasteiger partial charge in [-0.25, -0.2) is 14.8 Å². The molecule has 8 rings (SSSR count). The number of nitrogen functional groups attached to an aromatic ring is 2. The Kier molecular flexibility index (Phi) is 14.6. The number of anilines is 2. The van der Waals surface area contributed by atoms with Crippen molar-refractivity contribution < 1.29 is 14.7 Å². The Bertz CT molecular complexity index is 2210. The van der Waals surface area contributed by atoms with Gasteiger partial charge in [-0.3, -0.25) is 14.2 Å². The number of hydrogen-bond acceptors (Lipinski definition) is 13. The summed E-state index contributed by atoms with van der Waals surface area (Å²) in [7, 11) is 4.32. The first kappa shape index (κ1) is 41.7. The molecule has 0 bridgehead atoms. The summed E-state index contributed by atoms with van der Waals surface area (Å²) in [5.41, 5.74) is 18.0. The number of nitrogens with two attached hydrogens (primary N) is 3. The molecule has 15 nitrogen and oxygen atoms in total. The van der Waals surface area contributed by atoms with E-state index >= 15 is 0 Å². The number of thiophene rings is 2. The number of carbonyl (C=O) groups is 2. The fraction of sp³-hybridized carbons (Fsp3) is 0.450. The van der Waals surface area contributed by atoms with Crippen LogP contribution in [-0.2, 0) is 26.2 Å². The van der Waals surface area contributed by atoms with Crippen molar-refractivity contribution in [1.82, 2.24) is 44.6 Å². The van der Waals surface area contributed by atoms with E-state index in [0.29, 0.717) is 48.8 Å². The number of amides is 1.